The van der Waals surface area contributed by atoms with Gasteiger partial charge in [0, 0.05) is 18.2 Å². The van der Waals surface area contributed by atoms with Crippen molar-refractivity contribution in [3.8, 4) is 0 Å². The van der Waals surface area contributed by atoms with E-state index in [0.29, 0.717) is 18.2 Å². The average molecular weight is 337 g/mol. The Morgan fingerprint density at radius 1 is 1.00 bits per heavy atom. The Morgan fingerprint density at radius 3 is 2.20 bits per heavy atom. The second-order valence-corrected chi connectivity index (χ2v) is 6.28. The second kappa shape index (κ2) is 6.53. The van der Waals surface area contributed by atoms with Crippen molar-refractivity contribution in [3.05, 3.63) is 82.9 Å². The van der Waals surface area contributed by atoms with Gasteiger partial charge in [-0.05, 0) is 35.6 Å². The molecule has 5 heteroatoms. The van der Waals surface area contributed by atoms with Crippen molar-refractivity contribution < 1.29 is 19.8 Å². The van der Waals surface area contributed by atoms with Crippen LogP contribution in [0.4, 0.5) is 0 Å². The molecule has 0 spiro atoms. The lowest BCUT2D eigenvalue weighted by Crippen LogP contribution is -2.41. The Bertz CT molecular complexity index is 829. The van der Waals surface area contributed by atoms with Crippen molar-refractivity contribution in [2.75, 3.05) is 0 Å². The van der Waals surface area contributed by atoms with E-state index in [1.54, 1.807) is 0 Å². The molecule has 2 atom stereocenters. The number of hydrogen-bond acceptors (Lipinski definition) is 3. The SMILES string of the molecule is C[C@]12NC(Cc3ccccc31)c1ccccc12.O=C(O)/C=C\C(=O)O. The lowest BCUT2D eigenvalue weighted by molar-refractivity contribution is -0.134. The molecule has 0 radical (unpaired) electrons. The normalized spacial score (nSPS) is 22.5. The van der Waals surface area contributed by atoms with Crippen molar-refractivity contribution >= 4 is 11.9 Å². The van der Waals surface area contributed by atoms with Gasteiger partial charge in [-0.3, -0.25) is 5.32 Å². The summed E-state index contributed by atoms with van der Waals surface area (Å²) in [5.41, 5.74) is 5.88. The van der Waals surface area contributed by atoms with Gasteiger partial charge in [0.05, 0.1) is 5.54 Å². The van der Waals surface area contributed by atoms with Crippen molar-refractivity contribution in [2.24, 2.45) is 0 Å². The smallest absolute Gasteiger partial charge is 0.328 e. The largest absolute Gasteiger partial charge is 0.478 e. The molecule has 2 aromatic carbocycles. The van der Waals surface area contributed by atoms with Crippen molar-refractivity contribution in [1.29, 1.82) is 0 Å². The first-order valence-corrected chi connectivity index (χ1v) is 8.01. The van der Waals surface area contributed by atoms with Gasteiger partial charge in [0.2, 0.25) is 0 Å². The summed E-state index contributed by atoms with van der Waals surface area (Å²) >= 11 is 0. The molecule has 4 rings (SSSR count). The highest BCUT2D eigenvalue weighted by atomic mass is 16.4. The summed E-state index contributed by atoms with van der Waals surface area (Å²) in [5.74, 6) is -2.51. The lowest BCUT2D eigenvalue weighted by atomic mass is 9.82. The molecule has 0 amide bonds. The number of fused-ring (bicyclic) bond motifs is 7. The Morgan fingerprint density at radius 2 is 1.56 bits per heavy atom. The molecule has 25 heavy (non-hydrogen) atoms. The van der Waals surface area contributed by atoms with Gasteiger partial charge in [0.1, 0.15) is 0 Å². The van der Waals surface area contributed by atoms with Gasteiger partial charge >= 0.3 is 11.9 Å². The first kappa shape index (κ1) is 16.9. The van der Waals surface area contributed by atoms with Crippen LogP contribution < -0.4 is 5.32 Å². The Kier molecular flexibility index (Phi) is 4.42. The zero-order valence-corrected chi connectivity index (χ0v) is 13.8. The van der Waals surface area contributed by atoms with Gasteiger partial charge < -0.3 is 10.2 Å². The fraction of sp³-hybridized carbons (Fsp3) is 0.200. The highest BCUT2D eigenvalue weighted by Gasteiger charge is 2.45. The lowest BCUT2D eigenvalue weighted by Gasteiger charge is -2.34. The fourth-order valence-corrected chi connectivity index (χ4v) is 3.69. The number of rotatable bonds is 2. The van der Waals surface area contributed by atoms with Crippen LogP contribution in [0.3, 0.4) is 0 Å². The summed E-state index contributed by atoms with van der Waals surface area (Å²) in [4.78, 5) is 19.1. The monoisotopic (exact) mass is 337 g/mol. The van der Waals surface area contributed by atoms with Crippen molar-refractivity contribution in [2.45, 2.75) is 24.9 Å². The van der Waals surface area contributed by atoms with Gasteiger partial charge in [-0.2, -0.15) is 0 Å². The van der Waals surface area contributed by atoms with Crippen LogP contribution in [0.5, 0.6) is 0 Å². The molecule has 0 aliphatic carbocycles. The van der Waals surface area contributed by atoms with E-state index in [0.717, 1.165) is 6.42 Å². The number of carboxylic acid groups (broad SMARTS) is 2. The molecule has 2 bridgehead atoms. The Labute approximate surface area is 145 Å². The molecule has 1 unspecified atom stereocenters. The number of carbonyl (C=O) groups is 2. The summed E-state index contributed by atoms with van der Waals surface area (Å²) in [6.07, 6.45) is 2.23. The van der Waals surface area contributed by atoms with Gasteiger partial charge in [0.15, 0.2) is 0 Å². The third-order valence-corrected chi connectivity index (χ3v) is 4.69. The number of aliphatic carboxylic acids is 2. The first-order valence-electron chi connectivity index (χ1n) is 8.01. The zero-order valence-electron chi connectivity index (χ0n) is 13.8. The predicted molar refractivity (Wildman–Crippen MR) is 93.3 cm³/mol. The average Bonchev–Trinajstić information content (AvgIpc) is 2.83. The molecule has 2 aliphatic rings. The van der Waals surface area contributed by atoms with E-state index in [1.165, 1.54) is 22.3 Å². The van der Waals surface area contributed by atoms with Gasteiger partial charge in [-0.1, -0.05) is 48.5 Å². The number of hydrogen-bond donors (Lipinski definition) is 3. The van der Waals surface area contributed by atoms with E-state index in [4.69, 9.17) is 10.2 Å². The maximum Gasteiger partial charge on any atom is 0.328 e. The van der Waals surface area contributed by atoms with Crippen molar-refractivity contribution in [1.82, 2.24) is 5.32 Å². The standard InChI is InChI=1S/C16H15N.C4H4O4/c1-16-13-8-4-2-6-11(13)10-15(17-16)12-7-3-5-9-14(12)16;5-3(6)1-2-4(7)8/h2-9,15,17H,10H2,1H3;1-2H,(H,5,6)(H,7,8)/b;2-1-/t15?,16-;/m0./s1. The number of benzene rings is 2. The topological polar surface area (TPSA) is 86.6 Å². The summed E-state index contributed by atoms with van der Waals surface area (Å²) < 4.78 is 0. The van der Waals surface area contributed by atoms with E-state index in [-0.39, 0.29) is 5.54 Å². The molecule has 0 fully saturated rings. The van der Waals surface area contributed by atoms with E-state index < -0.39 is 11.9 Å². The minimum atomic E-state index is -1.26. The summed E-state index contributed by atoms with van der Waals surface area (Å²) in [6, 6.07) is 18.2. The molecule has 0 aromatic heterocycles. The highest BCUT2D eigenvalue weighted by molar-refractivity contribution is 5.89. The molecule has 2 aromatic rings. The van der Waals surface area contributed by atoms with Crippen molar-refractivity contribution in [3.63, 3.8) is 0 Å². The molecule has 0 saturated heterocycles. The summed E-state index contributed by atoms with van der Waals surface area (Å²) in [7, 11) is 0. The van der Waals surface area contributed by atoms with Crippen LogP contribution in [0, 0.1) is 0 Å². The summed E-state index contributed by atoms with van der Waals surface area (Å²) in [5, 5.41) is 19.4. The van der Waals surface area contributed by atoms with Gasteiger partial charge in [-0.25, -0.2) is 9.59 Å². The van der Waals surface area contributed by atoms with E-state index in [9.17, 15) is 9.59 Å². The van der Waals surface area contributed by atoms with Crippen LogP contribution in [0.1, 0.15) is 35.2 Å². The third-order valence-electron chi connectivity index (χ3n) is 4.69. The molecular weight excluding hydrogens is 318 g/mol. The molecule has 3 N–H and O–H groups in total. The van der Waals surface area contributed by atoms with Crippen LogP contribution in [0.25, 0.3) is 0 Å². The van der Waals surface area contributed by atoms with Crippen LogP contribution in [0.15, 0.2) is 60.7 Å². The van der Waals surface area contributed by atoms with Crippen LogP contribution in [-0.4, -0.2) is 22.2 Å². The molecule has 128 valence electrons. The Hall–Kier alpha value is -2.92. The number of carboxylic acids is 2. The molecule has 5 nitrogen and oxygen atoms in total. The predicted octanol–water partition coefficient (Wildman–Crippen LogP) is 2.86. The van der Waals surface area contributed by atoms with Gasteiger partial charge in [0.25, 0.3) is 0 Å². The van der Waals surface area contributed by atoms with E-state index >= 15 is 0 Å². The van der Waals surface area contributed by atoms with Crippen LogP contribution >= 0.6 is 0 Å². The maximum atomic E-state index is 9.55. The first-order chi connectivity index (χ1) is 11.9. The third kappa shape index (κ3) is 3.19. The summed E-state index contributed by atoms with van der Waals surface area (Å²) in [6.45, 7) is 2.31. The molecule has 2 heterocycles. The van der Waals surface area contributed by atoms with Gasteiger partial charge in [-0.15, -0.1) is 0 Å². The quantitative estimate of drug-likeness (QED) is 0.734. The fourth-order valence-electron chi connectivity index (χ4n) is 3.69. The number of nitrogens with one attached hydrogen (secondary N) is 1. The second-order valence-electron chi connectivity index (χ2n) is 6.28. The molecule has 2 aliphatic heterocycles. The van der Waals surface area contributed by atoms with E-state index in [1.807, 2.05) is 0 Å². The van der Waals surface area contributed by atoms with E-state index in [2.05, 4.69) is 60.8 Å². The zero-order chi connectivity index (χ0) is 18.0. The minimum absolute atomic E-state index is 0.0100. The molecule has 0 saturated carbocycles. The Balaban J connectivity index is 0.000000197. The van der Waals surface area contributed by atoms with Crippen LogP contribution in [-0.2, 0) is 21.5 Å². The minimum Gasteiger partial charge on any atom is -0.478 e. The highest BCUT2D eigenvalue weighted by Crippen LogP contribution is 2.47. The molecular formula is C20H19NO4. The maximum absolute atomic E-state index is 9.55. The van der Waals surface area contributed by atoms with Crippen LogP contribution in [0.2, 0.25) is 0 Å².